The fraction of sp³-hybridized carbons (Fsp3) is 0.556. The number of carbonyl (C=O) groups is 2. The van der Waals surface area contributed by atoms with Crippen molar-refractivity contribution in [3.8, 4) is 12.1 Å². The molecule has 0 amide bonds. The average molecular weight is 226 g/mol. The van der Waals surface area contributed by atoms with Crippen molar-refractivity contribution >= 4 is 11.9 Å². The van der Waals surface area contributed by atoms with Gasteiger partial charge in [0.25, 0.3) is 0 Å². The van der Waals surface area contributed by atoms with Gasteiger partial charge in [-0.1, -0.05) is 0 Å². The van der Waals surface area contributed by atoms with E-state index >= 15 is 0 Å². The maximum Gasteiger partial charge on any atom is 0.365 e. The van der Waals surface area contributed by atoms with E-state index in [1.165, 1.54) is 0 Å². The first kappa shape index (κ1) is 13.9. The molecule has 7 nitrogen and oxygen atoms in total. The van der Waals surface area contributed by atoms with E-state index in [0.717, 1.165) is 0 Å². The molecule has 16 heavy (non-hydrogen) atoms. The van der Waals surface area contributed by atoms with Crippen molar-refractivity contribution in [2.45, 2.75) is 26.2 Å². The predicted molar refractivity (Wildman–Crippen MR) is 48.1 cm³/mol. The molecular weight excluding hydrogens is 216 g/mol. The number of ether oxygens (including phenoxy) is 3. The Balaban J connectivity index is 4.17. The number of rotatable bonds is 6. The number of carbonyl (C=O) groups excluding carboxylic acids is 2. The summed E-state index contributed by atoms with van der Waals surface area (Å²) in [6.45, 7) is 0.236. The van der Waals surface area contributed by atoms with E-state index in [0.29, 0.717) is 0 Å². The van der Waals surface area contributed by atoms with Gasteiger partial charge in [0.05, 0.1) is 18.7 Å². The molecule has 0 unspecified atom stereocenters. The molecule has 0 rings (SSSR count). The fourth-order valence-electron chi connectivity index (χ4n) is 0.655. The van der Waals surface area contributed by atoms with Crippen LogP contribution in [-0.2, 0) is 23.8 Å². The first-order valence-corrected chi connectivity index (χ1v) is 4.38. The third kappa shape index (κ3) is 6.35. The molecule has 86 valence electrons. The zero-order valence-electron chi connectivity index (χ0n) is 8.63. The highest BCUT2D eigenvalue weighted by molar-refractivity contribution is 5.73. The summed E-state index contributed by atoms with van der Waals surface area (Å²) in [5, 5.41) is 16.4. The van der Waals surface area contributed by atoms with E-state index in [1.807, 2.05) is 0 Å². The van der Waals surface area contributed by atoms with Crippen molar-refractivity contribution in [3.05, 3.63) is 0 Å². The van der Waals surface area contributed by atoms with Crippen molar-refractivity contribution in [1.82, 2.24) is 0 Å². The monoisotopic (exact) mass is 226 g/mol. The second kappa shape index (κ2) is 8.21. The van der Waals surface area contributed by atoms with Gasteiger partial charge >= 0.3 is 18.4 Å². The highest BCUT2D eigenvalue weighted by Gasteiger charge is 2.18. The summed E-state index contributed by atoms with van der Waals surface area (Å²) in [7, 11) is 0. The third-order valence-electron chi connectivity index (χ3n) is 1.20. The standard InChI is InChI=1S/C9H10N2O5/c1-2-14-9(15-7(12)3-5-10)16-8(13)4-6-11/h9H,2-4H2,1H3. The second-order valence-corrected chi connectivity index (χ2v) is 2.39. The molecule has 0 heterocycles. The molecule has 0 saturated heterocycles. The summed E-state index contributed by atoms with van der Waals surface area (Å²) in [5.74, 6) is -1.74. The van der Waals surface area contributed by atoms with Gasteiger partial charge in [-0.05, 0) is 6.92 Å². The van der Waals surface area contributed by atoms with Crippen LogP contribution in [0.5, 0.6) is 0 Å². The maximum absolute atomic E-state index is 10.9. The van der Waals surface area contributed by atoms with Gasteiger partial charge in [-0.15, -0.1) is 0 Å². The molecule has 7 heteroatoms. The largest absolute Gasteiger partial charge is 0.399 e. The molecule has 0 aliphatic carbocycles. The molecule has 0 bridgehead atoms. The van der Waals surface area contributed by atoms with Crippen LogP contribution >= 0.6 is 0 Å². The average Bonchev–Trinajstić information content (AvgIpc) is 2.18. The summed E-state index contributed by atoms with van der Waals surface area (Å²) in [6, 6.07) is 3.14. The molecule has 0 aromatic carbocycles. The van der Waals surface area contributed by atoms with Gasteiger partial charge in [0.15, 0.2) is 0 Å². The van der Waals surface area contributed by atoms with E-state index < -0.39 is 31.3 Å². The van der Waals surface area contributed by atoms with Crippen molar-refractivity contribution in [2.75, 3.05) is 6.61 Å². The zero-order valence-corrected chi connectivity index (χ0v) is 8.63. The molecule has 0 aliphatic rings. The Bertz CT molecular complexity index is 298. The Labute approximate surface area is 92.1 Å². The first-order chi connectivity index (χ1) is 7.63. The van der Waals surface area contributed by atoms with Crippen LogP contribution in [0.15, 0.2) is 0 Å². The van der Waals surface area contributed by atoms with Crippen molar-refractivity contribution < 1.29 is 23.8 Å². The highest BCUT2D eigenvalue weighted by atomic mass is 16.9. The predicted octanol–water partition coefficient (Wildman–Crippen LogP) is 0.220. The van der Waals surface area contributed by atoms with Crippen LogP contribution in [0.4, 0.5) is 0 Å². The highest BCUT2D eigenvalue weighted by Crippen LogP contribution is 2.02. The minimum Gasteiger partial charge on any atom is -0.399 e. The Hall–Kier alpha value is -2.12. The second-order valence-electron chi connectivity index (χ2n) is 2.39. The molecule has 0 aliphatic heterocycles. The van der Waals surface area contributed by atoms with Gasteiger partial charge in [-0.3, -0.25) is 9.59 Å². The summed E-state index contributed by atoms with van der Waals surface area (Å²) < 4.78 is 13.8. The molecule has 0 N–H and O–H groups in total. The maximum atomic E-state index is 10.9. The Kier molecular flexibility index (Phi) is 7.12. The van der Waals surface area contributed by atoms with Gasteiger partial charge in [0, 0.05) is 0 Å². The number of esters is 2. The van der Waals surface area contributed by atoms with Gasteiger partial charge in [0.2, 0.25) is 0 Å². The van der Waals surface area contributed by atoms with E-state index in [4.69, 9.17) is 15.3 Å². The Morgan fingerprint density at radius 1 is 1.12 bits per heavy atom. The molecule has 0 atom stereocenters. The van der Waals surface area contributed by atoms with E-state index in [2.05, 4.69) is 9.47 Å². The number of nitrogens with zero attached hydrogens (tertiary/aromatic N) is 2. The lowest BCUT2D eigenvalue weighted by atomic mass is 10.5. The van der Waals surface area contributed by atoms with Crippen LogP contribution in [0.25, 0.3) is 0 Å². The summed E-state index contributed by atoms with van der Waals surface area (Å²) >= 11 is 0. The van der Waals surface area contributed by atoms with Crippen molar-refractivity contribution in [3.63, 3.8) is 0 Å². The summed E-state index contributed by atoms with van der Waals surface area (Å²) in [6.07, 6.45) is -0.946. The lowest BCUT2D eigenvalue weighted by Gasteiger charge is -2.15. The molecular formula is C9H10N2O5. The van der Waals surface area contributed by atoms with Crippen LogP contribution in [0.2, 0.25) is 0 Å². The summed E-state index contributed by atoms with van der Waals surface area (Å²) in [4.78, 5) is 21.8. The van der Waals surface area contributed by atoms with Crippen LogP contribution in [0, 0.1) is 22.7 Å². The molecule has 0 saturated carbocycles. The topological polar surface area (TPSA) is 109 Å². The third-order valence-corrected chi connectivity index (χ3v) is 1.20. The molecule has 0 fully saturated rings. The van der Waals surface area contributed by atoms with E-state index in [-0.39, 0.29) is 6.61 Å². The quantitative estimate of drug-likeness (QED) is 0.470. The van der Waals surface area contributed by atoms with Gasteiger partial charge in [-0.2, -0.15) is 10.5 Å². The lowest BCUT2D eigenvalue weighted by molar-refractivity contribution is -0.263. The smallest absolute Gasteiger partial charge is 0.365 e. The van der Waals surface area contributed by atoms with E-state index in [9.17, 15) is 9.59 Å². The molecule has 0 radical (unpaired) electrons. The first-order valence-electron chi connectivity index (χ1n) is 4.38. The number of hydrogen-bond donors (Lipinski definition) is 0. The lowest BCUT2D eigenvalue weighted by Crippen LogP contribution is -2.27. The van der Waals surface area contributed by atoms with Crippen molar-refractivity contribution in [1.29, 1.82) is 10.5 Å². The van der Waals surface area contributed by atoms with Crippen LogP contribution < -0.4 is 0 Å². The fourth-order valence-corrected chi connectivity index (χ4v) is 0.655. The Morgan fingerprint density at radius 3 is 1.88 bits per heavy atom. The van der Waals surface area contributed by atoms with Gasteiger partial charge in [-0.25, -0.2) is 0 Å². The van der Waals surface area contributed by atoms with Crippen LogP contribution in [-0.4, -0.2) is 25.0 Å². The minimum absolute atomic E-state index is 0.143. The SMILES string of the molecule is CCOC(OC(=O)CC#N)OC(=O)CC#N. The number of nitriles is 2. The Morgan fingerprint density at radius 2 is 1.56 bits per heavy atom. The molecule has 0 aromatic heterocycles. The molecule has 0 aromatic rings. The van der Waals surface area contributed by atoms with Crippen molar-refractivity contribution in [2.24, 2.45) is 0 Å². The van der Waals surface area contributed by atoms with E-state index in [1.54, 1.807) is 19.1 Å². The zero-order chi connectivity index (χ0) is 12.4. The van der Waals surface area contributed by atoms with Crippen LogP contribution in [0.1, 0.15) is 19.8 Å². The summed E-state index contributed by atoms with van der Waals surface area (Å²) in [5.41, 5.74) is 0. The normalized spacial score (nSPS) is 9.00. The minimum atomic E-state index is -1.51. The van der Waals surface area contributed by atoms with Gasteiger partial charge < -0.3 is 14.2 Å². The molecule has 0 spiro atoms. The van der Waals surface area contributed by atoms with Gasteiger partial charge in [0.1, 0.15) is 12.8 Å². The number of hydrogen-bond acceptors (Lipinski definition) is 7. The van der Waals surface area contributed by atoms with Crippen LogP contribution in [0.3, 0.4) is 0 Å².